The minimum absolute atomic E-state index is 0. The van der Waals surface area contributed by atoms with Gasteiger partial charge in [-0.3, -0.25) is 9.11 Å². The summed E-state index contributed by atoms with van der Waals surface area (Å²) in [7, 11) is -4.67. The minimum atomic E-state index is -4.67. The second-order valence-corrected chi connectivity index (χ2v) is 1.34. The standard InChI is InChI=1S/H2O4S.Sb.3H/c1-5(2,3)4;;;;/h(H2,1,2,3,4);;;;. The monoisotopic (exact) mass is 222 g/mol. The van der Waals surface area contributed by atoms with Crippen molar-refractivity contribution in [3.05, 3.63) is 0 Å². The third-order valence-corrected chi connectivity index (χ3v) is 0. The molecular formula is H5O4SSb. The Balaban J connectivity index is 0. The van der Waals surface area contributed by atoms with Crippen molar-refractivity contribution < 1.29 is 17.5 Å². The van der Waals surface area contributed by atoms with Gasteiger partial charge < -0.3 is 0 Å². The number of hydrogen-bond acceptors (Lipinski definition) is 2. The Kier molecular flexibility index (Phi) is 4.59. The summed E-state index contributed by atoms with van der Waals surface area (Å²) in [5, 5.41) is 0. The van der Waals surface area contributed by atoms with E-state index in [9.17, 15) is 0 Å². The number of hydrogen-bond donors (Lipinski definition) is 2. The number of rotatable bonds is 0. The van der Waals surface area contributed by atoms with Gasteiger partial charge in [-0.15, -0.1) is 0 Å². The van der Waals surface area contributed by atoms with Crippen LogP contribution in [0.1, 0.15) is 0 Å². The third kappa shape index (κ3) is 135. The van der Waals surface area contributed by atoms with Crippen LogP contribution in [0.15, 0.2) is 0 Å². The van der Waals surface area contributed by atoms with Gasteiger partial charge in [-0.1, -0.05) is 0 Å². The molecule has 0 unspecified atom stereocenters. The Morgan fingerprint density at radius 2 is 1.17 bits per heavy atom. The molecule has 0 aromatic rings. The van der Waals surface area contributed by atoms with E-state index in [1.54, 1.807) is 0 Å². The summed E-state index contributed by atoms with van der Waals surface area (Å²) in [5.41, 5.74) is 0. The molecular weight excluding hydrogens is 218 g/mol. The average Bonchev–Trinajstić information content (AvgIpc) is 0.722. The van der Waals surface area contributed by atoms with E-state index in [1.807, 2.05) is 0 Å². The van der Waals surface area contributed by atoms with Crippen LogP contribution in [0.4, 0.5) is 0 Å². The van der Waals surface area contributed by atoms with Crippen molar-refractivity contribution in [2.75, 3.05) is 0 Å². The van der Waals surface area contributed by atoms with Crippen LogP contribution in [-0.2, 0) is 10.4 Å². The Morgan fingerprint density at radius 1 is 1.17 bits per heavy atom. The molecule has 0 rings (SSSR count). The van der Waals surface area contributed by atoms with Gasteiger partial charge in [0.05, 0.1) is 0 Å². The van der Waals surface area contributed by atoms with Crippen LogP contribution in [0, 0.1) is 0 Å². The molecule has 0 atom stereocenters. The van der Waals surface area contributed by atoms with E-state index in [1.165, 1.54) is 0 Å². The van der Waals surface area contributed by atoms with E-state index in [0.29, 0.717) is 0 Å². The van der Waals surface area contributed by atoms with Crippen molar-refractivity contribution in [3.63, 3.8) is 0 Å². The zero-order valence-electron chi connectivity index (χ0n) is 2.83. The van der Waals surface area contributed by atoms with Gasteiger partial charge in [0.25, 0.3) is 0 Å². The molecule has 0 saturated heterocycles. The van der Waals surface area contributed by atoms with Crippen molar-refractivity contribution >= 4 is 34.8 Å². The van der Waals surface area contributed by atoms with Crippen molar-refractivity contribution in [1.29, 1.82) is 0 Å². The van der Waals surface area contributed by atoms with Crippen molar-refractivity contribution in [2.45, 2.75) is 0 Å². The quantitative estimate of drug-likeness (QED) is 0.374. The summed E-state index contributed by atoms with van der Waals surface area (Å²) in [6.07, 6.45) is 0. The Hall–Kier alpha value is 0.688. The van der Waals surface area contributed by atoms with Crippen LogP contribution in [-0.4, -0.2) is 42.0 Å². The molecule has 0 aromatic heterocycles. The maximum absolute atomic E-state index is 8.74. The third-order valence-electron chi connectivity index (χ3n) is 0. The van der Waals surface area contributed by atoms with Crippen LogP contribution in [0.3, 0.4) is 0 Å². The molecule has 0 spiro atoms. The molecule has 0 radical (unpaired) electrons. The first kappa shape index (κ1) is 9.85. The second-order valence-electron chi connectivity index (χ2n) is 0.448. The fourth-order valence-electron chi connectivity index (χ4n) is 0. The van der Waals surface area contributed by atoms with E-state index >= 15 is 0 Å². The second kappa shape index (κ2) is 2.79. The van der Waals surface area contributed by atoms with Gasteiger partial charge in [0, 0.05) is 0 Å². The summed E-state index contributed by atoms with van der Waals surface area (Å²) in [6.45, 7) is 0. The molecule has 4 nitrogen and oxygen atoms in total. The normalized spacial score (nSPS) is 9.67. The van der Waals surface area contributed by atoms with Gasteiger partial charge in [0.1, 0.15) is 0 Å². The zero-order chi connectivity index (χ0) is 4.50. The average molecular weight is 223 g/mol. The Labute approximate surface area is 52.6 Å². The molecule has 0 saturated carbocycles. The predicted octanol–water partition coefficient (Wildman–Crippen LogP) is -1.84. The molecule has 6 heavy (non-hydrogen) atoms. The summed E-state index contributed by atoms with van der Waals surface area (Å²) in [5.74, 6) is 0. The van der Waals surface area contributed by atoms with Crippen LogP contribution < -0.4 is 0 Å². The Bertz CT molecular complexity index is 90.7. The van der Waals surface area contributed by atoms with Gasteiger partial charge in [-0.25, -0.2) is 0 Å². The molecule has 0 aliphatic rings. The molecule has 0 amide bonds. The van der Waals surface area contributed by atoms with E-state index in [-0.39, 0.29) is 24.4 Å². The van der Waals surface area contributed by atoms with E-state index in [4.69, 9.17) is 17.5 Å². The first-order valence-electron chi connectivity index (χ1n) is 0.698. The predicted molar refractivity (Wildman–Crippen MR) is 24.1 cm³/mol. The molecule has 40 valence electrons. The van der Waals surface area contributed by atoms with Crippen LogP contribution in [0.5, 0.6) is 0 Å². The van der Waals surface area contributed by atoms with E-state index in [2.05, 4.69) is 0 Å². The zero-order valence-corrected chi connectivity index (χ0v) is 7.68. The molecule has 0 aliphatic heterocycles. The molecule has 0 aromatic carbocycles. The first-order chi connectivity index (χ1) is 2.00. The van der Waals surface area contributed by atoms with Gasteiger partial charge in [-0.05, 0) is 0 Å². The summed E-state index contributed by atoms with van der Waals surface area (Å²) in [6, 6.07) is 0. The van der Waals surface area contributed by atoms with Crippen LogP contribution in [0.2, 0.25) is 0 Å². The van der Waals surface area contributed by atoms with Crippen LogP contribution in [0.25, 0.3) is 0 Å². The van der Waals surface area contributed by atoms with Crippen molar-refractivity contribution in [1.82, 2.24) is 0 Å². The van der Waals surface area contributed by atoms with Crippen LogP contribution >= 0.6 is 0 Å². The molecule has 6 heteroatoms. The van der Waals surface area contributed by atoms with Gasteiger partial charge in [-0.2, -0.15) is 8.42 Å². The van der Waals surface area contributed by atoms with Crippen molar-refractivity contribution in [2.24, 2.45) is 0 Å². The molecule has 0 heterocycles. The molecule has 0 fully saturated rings. The first-order valence-corrected chi connectivity index (χ1v) is 2.10. The fraction of sp³-hybridized carbons (Fsp3) is 0. The molecule has 2 N–H and O–H groups in total. The summed E-state index contributed by atoms with van der Waals surface area (Å²) < 4.78 is 31.6. The van der Waals surface area contributed by atoms with E-state index in [0.717, 1.165) is 0 Å². The van der Waals surface area contributed by atoms with Crippen molar-refractivity contribution in [3.8, 4) is 0 Å². The van der Waals surface area contributed by atoms with Gasteiger partial charge in [0.15, 0.2) is 0 Å². The molecule has 0 bridgehead atoms. The van der Waals surface area contributed by atoms with E-state index < -0.39 is 10.4 Å². The topological polar surface area (TPSA) is 74.6 Å². The SMILES string of the molecule is O=S(=O)(O)O.[SbH3]. The summed E-state index contributed by atoms with van der Waals surface area (Å²) in [4.78, 5) is 0. The van der Waals surface area contributed by atoms with Gasteiger partial charge in [0.2, 0.25) is 0 Å². The maximum atomic E-state index is 8.74. The molecule has 0 aliphatic carbocycles. The Morgan fingerprint density at radius 3 is 1.17 bits per heavy atom. The summed E-state index contributed by atoms with van der Waals surface area (Å²) >= 11 is 0. The van der Waals surface area contributed by atoms with Gasteiger partial charge >= 0.3 is 34.8 Å². The fourth-order valence-corrected chi connectivity index (χ4v) is 0.